The van der Waals surface area contributed by atoms with Crippen LogP contribution >= 0.6 is 11.6 Å². The van der Waals surface area contributed by atoms with E-state index in [0.29, 0.717) is 10.6 Å². The molecule has 0 aromatic heterocycles. The Kier molecular flexibility index (Phi) is 5.17. The van der Waals surface area contributed by atoms with Gasteiger partial charge in [-0.1, -0.05) is 30.7 Å². The van der Waals surface area contributed by atoms with Crippen molar-refractivity contribution in [2.75, 3.05) is 0 Å². The Morgan fingerprint density at radius 2 is 1.80 bits per heavy atom. The van der Waals surface area contributed by atoms with Crippen molar-refractivity contribution in [1.82, 2.24) is 4.90 Å². The van der Waals surface area contributed by atoms with E-state index in [9.17, 15) is 14.7 Å². The van der Waals surface area contributed by atoms with Gasteiger partial charge in [-0.15, -0.1) is 0 Å². The van der Waals surface area contributed by atoms with Gasteiger partial charge in [-0.2, -0.15) is 0 Å². The van der Waals surface area contributed by atoms with Crippen LogP contribution in [-0.2, 0) is 15.1 Å². The van der Waals surface area contributed by atoms with E-state index in [2.05, 4.69) is 0 Å². The second-order valence-corrected chi connectivity index (χ2v) is 5.45. The molecule has 1 atom stereocenters. The number of rotatable bonds is 5. The fraction of sp³-hybridized carbons (Fsp3) is 0.467. The predicted molar refractivity (Wildman–Crippen MR) is 78.7 cm³/mol. The van der Waals surface area contributed by atoms with Gasteiger partial charge in [0.2, 0.25) is 5.91 Å². The summed E-state index contributed by atoms with van der Waals surface area (Å²) in [6.07, 6.45) is 0.279. The van der Waals surface area contributed by atoms with E-state index in [1.54, 1.807) is 31.2 Å². The van der Waals surface area contributed by atoms with Crippen molar-refractivity contribution in [3.8, 4) is 0 Å². The topological polar surface area (TPSA) is 57.6 Å². The third-order valence-corrected chi connectivity index (χ3v) is 3.71. The third kappa shape index (κ3) is 2.80. The van der Waals surface area contributed by atoms with E-state index in [0.717, 1.165) is 0 Å². The van der Waals surface area contributed by atoms with Crippen molar-refractivity contribution in [3.63, 3.8) is 0 Å². The SMILES string of the molecule is CCC(C(=O)O)(c1ccc(Cl)cc1)N(C(C)=O)C(C)C. The smallest absolute Gasteiger partial charge is 0.334 e. The second-order valence-electron chi connectivity index (χ2n) is 5.01. The van der Waals surface area contributed by atoms with Crippen LogP contribution < -0.4 is 0 Å². The fourth-order valence-corrected chi connectivity index (χ4v) is 2.82. The number of benzene rings is 1. The summed E-state index contributed by atoms with van der Waals surface area (Å²) in [5.74, 6) is -1.30. The minimum absolute atomic E-state index is 0.223. The molecule has 1 aromatic rings. The number of hydrogen-bond acceptors (Lipinski definition) is 2. The number of carboxylic acids is 1. The summed E-state index contributed by atoms with van der Waals surface area (Å²) in [7, 11) is 0. The lowest BCUT2D eigenvalue weighted by Crippen LogP contribution is -2.56. The average Bonchev–Trinajstić information content (AvgIpc) is 2.35. The van der Waals surface area contributed by atoms with Gasteiger partial charge in [0, 0.05) is 18.0 Å². The third-order valence-electron chi connectivity index (χ3n) is 3.45. The molecule has 0 saturated carbocycles. The zero-order valence-corrected chi connectivity index (χ0v) is 12.9. The lowest BCUT2D eigenvalue weighted by molar-refractivity contribution is -0.162. The molecule has 0 aliphatic heterocycles. The van der Waals surface area contributed by atoms with E-state index >= 15 is 0 Å². The Bertz CT molecular complexity index is 498. The van der Waals surface area contributed by atoms with Gasteiger partial charge in [0.25, 0.3) is 0 Å². The van der Waals surface area contributed by atoms with E-state index in [4.69, 9.17) is 11.6 Å². The number of carboxylic acid groups (broad SMARTS) is 1. The molecule has 20 heavy (non-hydrogen) atoms. The summed E-state index contributed by atoms with van der Waals surface area (Å²) in [6.45, 7) is 6.78. The quantitative estimate of drug-likeness (QED) is 0.907. The molecule has 0 spiro atoms. The Morgan fingerprint density at radius 3 is 2.10 bits per heavy atom. The minimum Gasteiger partial charge on any atom is -0.479 e. The van der Waals surface area contributed by atoms with Crippen LogP contribution in [0.4, 0.5) is 0 Å². The highest BCUT2D eigenvalue weighted by Gasteiger charge is 2.47. The van der Waals surface area contributed by atoms with Crippen LogP contribution in [0.25, 0.3) is 0 Å². The number of nitrogens with zero attached hydrogens (tertiary/aromatic N) is 1. The summed E-state index contributed by atoms with van der Waals surface area (Å²) in [5.41, 5.74) is -0.814. The Morgan fingerprint density at radius 1 is 1.30 bits per heavy atom. The number of amides is 1. The molecule has 1 amide bonds. The molecule has 0 saturated heterocycles. The predicted octanol–water partition coefficient (Wildman–Crippen LogP) is 3.29. The molecular weight excluding hydrogens is 278 g/mol. The van der Waals surface area contributed by atoms with Crippen LogP contribution in [0.1, 0.15) is 39.7 Å². The van der Waals surface area contributed by atoms with Crippen LogP contribution in [0.2, 0.25) is 5.02 Å². The Labute approximate surface area is 124 Å². The van der Waals surface area contributed by atoms with Gasteiger partial charge in [-0.3, -0.25) is 4.79 Å². The first-order chi connectivity index (χ1) is 9.27. The van der Waals surface area contributed by atoms with Crippen molar-refractivity contribution < 1.29 is 14.7 Å². The van der Waals surface area contributed by atoms with Crippen LogP contribution in [-0.4, -0.2) is 27.9 Å². The highest BCUT2D eigenvalue weighted by molar-refractivity contribution is 6.30. The first-order valence-corrected chi connectivity index (χ1v) is 6.94. The minimum atomic E-state index is -1.37. The molecule has 0 aliphatic rings. The highest BCUT2D eigenvalue weighted by atomic mass is 35.5. The van der Waals surface area contributed by atoms with Gasteiger partial charge in [0.1, 0.15) is 0 Å². The molecule has 0 heterocycles. The van der Waals surface area contributed by atoms with E-state index in [1.807, 2.05) is 13.8 Å². The summed E-state index contributed by atoms with van der Waals surface area (Å²) in [6, 6.07) is 6.39. The van der Waals surface area contributed by atoms with Crippen LogP contribution in [0.15, 0.2) is 24.3 Å². The monoisotopic (exact) mass is 297 g/mol. The van der Waals surface area contributed by atoms with Crippen LogP contribution in [0.3, 0.4) is 0 Å². The highest BCUT2D eigenvalue weighted by Crippen LogP contribution is 2.35. The van der Waals surface area contributed by atoms with Gasteiger partial charge >= 0.3 is 5.97 Å². The van der Waals surface area contributed by atoms with Crippen molar-refractivity contribution in [2.45, 2.75) is 45.7 Å². The first-order valence-electron chi connectivity index (χ1n) is 6.56. The molecule has 0 fully saturated rings. The maximum absolute atomic E-state index is 12.0. The number of carbonyl (C=O) groups excluding carboxylic acids is 1. The number of aliphatic carboxylic acids is 1. The summed E-state index contributed by atoms with van der Waals surface area (Å²) in [5, 5.41) is 10.3. The zero-order chi connectivity index (χ0) is 15.5. The van der Waals surface area contributed by atoms with Gasteiger partial charge in [-0.05, 0) is 38.0 Å². The first kappa shape index (κ1) is 16.5. The molecule has 110 valence electrons. The largest absolute Gasteiger partial charge is 0.479 e. The van der Waals surface area contributed by atoms with E-state index in [1.165, 1.54) is 11.8 Å². The fourth-order valence-electron chi connectivity index (χ4n) is 2.69. The molecule has 0 radical (unpaired) electrons. The van der Waals surface area contributed by atoms with Gasteiger partial charge in [0.05, 0.1) is 0 Å². The Hall–Kier alpha value is -1.55. The molecule has 1 unspecified atom stereocenters. The summed E-state index contributed by atoms with van der Waals surface area (Å²) < 4.78 is 0. The van der Waals surface area contributed by atoms with Crippen molar-refractivity contribution >= 4 is 23.5 Å². The average molecular weight is 298 g/mol. The lowest BCUT2D eigenvalue weighted by atomic mass is 9.84. The maximum Gasteiger partial charge on any atom is 0.334 e. The zero-order valence-electron chi connectivity index (χ0n) is 12.2. The number of hydrogen-bond donors (Lipinski definition) is 1. The van der Waals surface area contributed by atoms with Gasteiger partial charge < -0.3 is 10.0 Å². The Balaban J connectivity index is 3.53. The maximum atomic E-state index is 12.0. The van der Waals surface area contributed by atoms with Crippen LogP contribution in [0.5, 0.6) is 0 Å². The molecule has 0 aliphatic carbocycles. The molecule has 5 heteroatoms. The van der Waals surface area contributed by atoms with Crippen LogP contribution in [0, 0.1) is 0 Å². The van der Waals surface area contributed by atoms with Gasteiger partial charge in [-0.25, -0.2) is 4.79 Å². The molecule has 0 bridgehead atoms. The molecule has 4 nitrogen and oxygen atoms in total. The summed E-state index contributed by atoms with van der Waals surface area (Å²) in [4.78, 5) is 25.3. The molecule has 1 N–H and O–H groups in total. The normalized spacial score (nSPS) is 13.9. The second kappa shape index (κ2) is 6.27. The van der Waals surface area contributed by atoms with E-state index < -0.39 is 11.5 Å². The standard InChI is InChI=1S/C15H20ClNO3/c1-5-15(14(19)20,17(10(2)3)11(4)18)12-6-8-13(16)9-7-12/h6-10H,5H2,1-4H3,(H,19,20). The number of halogens is 1. The summed E-state index contributed by atoms with van der Waals surface area (Å²) >= 11 is 5.86. The van der Waals surface area contributed by atoms with Crippen molar-refractivity contribution in [3.05, 3.63) is 34.9 Å². The number of carbonyl (C=O) groups is 2. The molecule has 1 aromatic carbocycles. The van der Waals surface area contributed by atoms with E-state index in [-0.39, 0.29) is 18.4 Å². The molecular formula is C15H20ClNO3. The van der Waals surface area contributed by atoms with Crippen molar-refractivity contribution in [1.29, 1.82) is 0 Å². The lowest BCUT2D eigenvalue weighted by Gasteiger charge is -2.42. The molecule has 1 rings (SSSR count). The van der Waals surface area contributed by atoms with Crippen molar-refractivity contribution in [2.24, 2.45) is 0 Å². The van der Waals surface area contributed by atoms with Gasteiger partial charge in [0.15, 0.2) is 5.54 Å².